The highest BCUT2D eigenvalue weighted by Crippen LogP contribution is 2.31. The van der Waals surface area contributed by atoms with Gasteiger partial charge in [0, 0.05) is 6.42 Å². The van der Waals surface area contributed by atoms with Crippen molar-refractivity contribution in [3.05, 3.63) is 0 Å². The normalized spacial score (nSPS) is 29.4. The number of hydrogen-bond acceptors (Lipinski definition) is 3. The number of carbonyl (C=O) groups is 1. The Morgan fingerprint density at radius 3 is 2.62 bits per heavy atom. The molecule has 0 unspecified atom stereocenters. The van der Waals surface area contributed by atoms with Crippen LogP contribution in [-0.2, 0) is 17.2 Å². The van der Waals surface area contributed by atoms with E-state index < -0.39 is 5.60 Å². The molecule has 1 amide bonds. The lowest BCUT2D eigenvalue weighted by molar-refractivity contribution is -0.573. The molecule has 1 saturated heterocycles. The van der Waals surface area contributed by atoms with Crippen LogP contribution in [0, 0.1) is 0 Å². The molecule has 0 spiro atoms. The van der Waals surface area contributed by atoms with Crippen molar-refractivity contribution >= 4 is 18.5 Å². The van der Waals surface area contributed by atoms with Crippen molar-refractivity contribution < 1.29 is 13.5 Å². The predicted molar refractivity (Wildman–Crippen MR) is 62.2 cm³/mol. The highest BCUT2D eigenvalue weighted by Gasteiger charge is 2.49. The van der Waals surface area contributed by atoms with Crippen LogP contribution in [0.4, 0.5) is 4.79 Å². The van der Waals surface area contributed by atoms with Crippen LogP contribution in [-0.4, -0.2) is 45.7 Å². The number of nitrogens with zero attached hydrogens (tertiary/aromatic N) is 2. The smallest absolute Gasteiger partial charge is 0.411 e. The second-order valence-corrected chi connectivity index (χ2v) is 6.00. The molecule has 1 saturated carbocycles. The lowest BCUT2D eigenvalue weighted by Gasteiger charge is -2.43. The van der Waals surface area contributed by atoms with Crippen molar-refractivity contribution in [3.8, 4) is 0 Å². The van der Waals surface area contributed by atoms with Crippen molar-refractivity contribution in [1.29, 1.82) is 0 Å². The summed E-state index contributed by atoms with van der Waals surface area (Å²) in [6.45, 7) is 7.15. The zero-order valence-electron chi connectivity index (χ0n) is 10.1. The van der Waals surface area contributed by atoms with Crippen LogP contribution in [0.3, 0.4) is 0 Å². The maximum Gasteiger partial charge on any atom is 0.411 e. The molecule has 1 heterocycles. The Morgan fingerprint density at radius 1 is 1.44 bits per heavy atom. The molecule has 4 nitrogen and oxygen atoms in total. The summed E-state index contributed by atoms with van der Waals surface area (Å²) in [6, 6.07) is 0.650. The van der Waals surface area contributed by atoms with Gasteiger partial charge in [-0.15, -0.1) is 0 Å². The van der Waals surface area contributed by atoms with E-state index in [-0.39, 0.29) is 12.1 Å². The molecule has 0 aromatic heterocycles. The highest BCUT2D eigenvalue weighted by molar-refractivity contribution is 7.44. The number of fused-ring (bicyclic) bond motifs is 1. The van der Waals surface area contributed by atoms with Gasteiger partial charge in [0.15, 0.2) is 12.6 Å². The Balaban J connectivity index is 2.00. The molecule has 0 radical (unpaired) electrons. The molecule has 90 valence electrons. The summed E-state index contributed by atoms with van der Waals surface area (Å²) in [6.07, 6.45) is 1.97. The van der Waals surface area contributed by atoms with Crippen molar-refractivity contribution in [2.75, 3.05) is 13.1 Å². The van der Waals surface area contributed by atoms with E-state index in [1.54, 1.807) is 0 Å². The monoisotopic (exact) mass is 243 g/mol. The summed E-state index contributed by atoms with van der Waals surface area (Å²) >= 11 is 5.24. The third-order valence-electron chi connectivity index (χ3n) is 3.16. The number of amides is 1. The minimum Gasteiger partial charge on any atom is -0.444 e. The third-order valence-corrected chi connectivity index (χ3v) is 3.62. The summed E-state index contributed by atoms with van der Waals surface area (Å²) in [5, 5.41) is 0. The van der Waals surface area contributed by atoms with Crippen LogP contribution >= 0.6 is 0 Å². The Labute approximate surface area is 102 Å². The van der Waals surface area contributed by atoms with Crippen molar-refractivity contribution in [1.82, 2.24) is 4.90 Å². The first-order chi connectivity index (χ1) is 7.38. The summed E-state index contributed by atoms with van der Waals surface area (Å²) in [7, 11) is 0. The van der Waals surface area contributed by atoms with Crippen molar-refractivity contribution in [2.24, 2.45) is 0 Å². The molecule has 2 fully saturated rings. The van der Waals surface area contributed by atoms with E-state index in [1.165, 1.54) is 0 Å². The van der Waals surface area contributed by atoms with Gasteiger partial charge < -0.3 is 4.74 Å². The molecule has 1 aliphatic carbocycles. The number of hydrogen-bond donors (Lipinski definition) is 0. The van der Waals surface area contributed by atoms with E-state index >= 15 is 0 Å². The van der Waals surface area contributed by atoms with E-state index in [4.69, 9.17) is 17.2 Å². The van der Waals surface area contributed by atoms with E-state index in [9.17, 15) is 4.79 Å². The molecule has 0 aromatic rings. The second-order valence-electron chi connectivity index (χ2n) is 5.53. The SMILES string of the molecule is CC(C)(C)OC(=O)N1CC[N+](=S)[C@H]2CC[C@@H]21. The maximum atomic E-state index is 12.0. The van der Waals surface area contributed by atoms with Crippen LogP contribution in [0.25, 0.3) is 0 Å². The molecular weight excluding hydrogens is 224 g/mol. The number of piperazine rings is 1. The Bertz CT molecular complexity index is 324. The van der Waals surface area contributed by atoms with Crippen LogP contribution in [0.2, 0.25) is 0 Å². The van der Waals surface area contributed by atoms with Gasteiger partial charge in [0.2, 0.25) is 0 Å². The van der Waals surface area contributed by atoms with Crippen molar-refractivity contribution in [2.45, 2.75) is 51.3 Å². The van der Waals surface area contributed by atoms with Gasteiger partial charge in [0.1, 0.15) is 5.60 Å². The average Bonchev–Trinajstić information content (AvgIpc) is 2.04. The second kappa shape index (κ2) is 3.95. The molecule has 2 aliphatic rings. The third kappa shape index (κ3) is 2.19. The van der Waals surface area contributed by atoms with Gasteiger partial charge in [-0.25, -0.2) is 4.79 Å². The average molecular weight is 243 g/mol. The quantitative estimate of drug-likeness (QED) is 0.605. The Hall–Kier alpha value is -0.710. The minimum absolute atomic E-state index is 0.190. The number of rotatable bonds is 0. The van der Waals surface area contributed by atoms with E-state index in [2.05, 4.69) is 0 Å². The lowest BCUT2D eigenvalue weighted by Crippen LogP contribution is -2.63. The van der Waals surface area contributed by atoms with Gasteiger partial charge in [-0.2, -0.15) is 3.95 Å². The van der Waals surface area contributed by atoms with Gasteiger partial charge in [-0.05, 0) is 27.2 Å². The van der Waals surface area contributed by atoms with Crippen LogP contribution in [0.1, 0.15) is 33.6 Å². The van der Waals surface area contributed by atoms with Crippen LogP contribution in [0.5, 0.6) is 0 Å². The minimum atomic E-state index is -0.415. The van der Waals surface area contributed by atoms with Crippen LogP contribution in [0.15, 0.2) is 0 Å². The molecule has 0 aromatic carbocycles. The summed E-state index contributed by atoms with van der Waals surface area (Å²) in [5.74, 6) is 0. The first-order valence-corrected chi connectivity index (χ1v) is 6.18. The molecule has 0 N–H and O–H groups in total. The fraction of sp³-hybridized carbons (Fsp3) is 0.909. The molecule has 5 heteroatoms. The first-order valence-electron chi connectivity index (χ1n) is 5.82. The maximum absolute atomic E-state index is 12.0. The summed E-state index contributed by atoms with van der Waals surface area (Å²) in [5.41, 5.74) is -0.415. The van der Waals surface area contributed by atoms with Gasteiger partial charge in [0.25, 0.3) is 12.4 Å². The van der Waals surface area contributed by atoms with Crippen LogP contribution < -0.4 is 0 Å². The molecule has 0 bridgehead atoms. The summed E-state index contributed by atoms with van der Waals surface area (Å²) in [4.78, 5) is 13.8. The Morgan fingerprint density at radius 2 is 2.12 bits per heavy atom. The molecule has 16 heavy (non-hydrogen) atoms. The van der Waals surface area contributed by atoms with Gasteiger partial charge in [0.05, 0.1) is 12.6 Å². The zero-order valence-corrected chi connectivity index (χ0v) is 10.9. The van der Waals surface area contributed by atoms with Gasteiger partial charge in [-0.3, -0.25) is 4.90 Å². The summed E-state index contributed by atoms with van der Waals surface area (Å²) < 4.78 is 7.34. The first kappa shape index (κ1) is 11.8. The molecule has 2 rings (SSSR count). The number of carbonyl (C=O) groups excluding carboxylic acids is 1. The molecular formula is C11H19N2O2S+. The largest absolute Gasteiger partial charge is 0.444 e. The fourth-order valence-corrected chi connectivity index (χ4v) is 2.58. The standard InChI is InChI=1S/C11H19N2O2S/c1-11(2,3)15-10(14)12-6-7-13(16)9-5-4-8(9)12/h8-9H,4-7H2,1-3H3/q+1/t8-,9-/m0/s1. The van der Waals surface area contributed by atoms with E-state index in [0.29, 0.717) is 12.6 Å². The highest BCUT2D eigenvalue weighted by atomic mass is 32.1. The molecule has 2 atom stereocenters. The lowest BCUT2D eigenvalue weighted by atomic mass is 9.83. The zero-order chi connectivity index (χ0) is 11.9. The molecule has 1 aliphatic heterocycles. The van der Waals surface area contributed by atoms with E-state index in [0.717, 1.165) is 19.4 Å². The van der Waals surface area contributed by atoms with Crippen molar-refractivity contribution in [3.63, 3.8) is 0 Å². The van der Waals surface area contributed by atoms with E-state index in [1.807, 2.05) is 29.6 Å². The predicted octanol–water partition coefficient (Wildman–Crippen LogP) is 1.51. The fourth-order valence-electron chi connectivity index (χ4n) is 2.25. The Kier molecular flexibility index (Phi) is 2.90. The van der Waals surface area contributed by atoms with Gasteiger partial charge in [-0.1, -0.05) is 0 Å². The van der Waals surface area contributed by atoms with Gasteiger partial charge >= 0.3 is 6.09 Å². The topological polar surface area (TPSA) is 32.5 Å². The number of ether oxygens (including phenoxy) is 1.